The van der Waals surface area contributed by atoms with E-state index in [4.69, 9.17) is 9.73 Å². The van der Waals surface area contributed by atoms with Gasteiger partial charge in [0.05, 0.1) is 19.8 Å². The Morgan fingerprint density at radius 2 is 2.22 bits per heavy atom. The molecule has 0 aromatic carbocycles. The fraction of sp³-hybridized carbons (Fsp3) is 0.625. The van der Waals surface area contributed by atoms with Crippen LogP contribution in [0.1, 0.15) is 12.5 Å². The van der Waals surface area contributed by atoms with Crippen molar-refractivity contribution in [2.75, 3.05) is 56.3 Å². The van der Waals surface area contributed by atoms with Gasteiger partial charge in [0.25, 0.3) is 0 Å². The molecule has 2 N–H and O–H groups in total. The molecule has 0 unspecified atom stereocenters. The van der Waals surface area contributed by atoms with Crippen molar-refractivity contribution >= 4 is 23.5 Å². The number of ether oxygens (including phenoxy) is 1. The number of rotatable bonds is 7. The molecule has 0 radical (unpaired) electrons. The molecule has 1 aliphatic heterocycles. The molecular weight excluding hydrogens is 310 g/mol. The van der Waals surface area contributed by atoms with Gasteiger partial charge in [-0.15, -0.1) is 0 Å². The highest BCUT2D eigenvalue weighted by Gasteiger charge is 2.15. The number of guanidine groups is 1. The van der Waals surface area contributed by atoms with Crippen LogP contribution in [0.4, 0.5) is 5.82 Å². The molecule has 1 aliphatic rings. The van der Waals surface area contributed by atoms with Crippen molar-refractivity contribution < 1.29 is 4.74 Å². The van der Waals surface area contributed by atoms with Crippen LogP contribution in [0.15, 0.2) is 23.3 Å². The van der Waals surface area contributed by atoms with Crippen LogP contribution in [0, 0.1) is 0 Å². The van der Waals surface area contributed by atoms with Crippen molar-refractivity contribution in [2.45, 2.75) is 13.5 Å². The number of thioether (sulfide) groups is 1. The highest BCUT2D eigenvalue weighted by Crippen LogP contribution is 2.19. The van der Waals surface area contributed by atoms with Crippen LogP contribution in [-0.4, -0.2) is 62.3 Å². The van der Waals surface area contributed by atoms with Gasteiger partial charge in [0.15, 0.2) is 5.96 Å². The smallest absolute Gasteiger partial charge is 0.191 e. The van der Waals surface area contributed by atoms with Crippen LogP contribution in [-0.2, 0) is 11.3 Å². The normalized spacial score (nSPS) is 15.6. The number of morpholine rings is 1. The molecule has 0 atom stereocenters. The second-order valence-electron chi connectivity index (χ2n) is 5.20. The Morgan fingerprint density at radius 3 is 2.96 bits per heavy atom. The van der Waals surface area contributed by atoms with Crippen LogP contribution in [0.25, 0.3) is 0 Å². The van der Waals surface area contributed by atoms with Crippen molar-refractivity contribution in [3.05, 3.63) is 23.9 Å². The third-order valence-electron chi connectivity index (χ3n) is 3.53. The van der Waals surface area contributed by atoms with Gasteiger partial charge in [-0.25, -0.2) is 9.98 Å². The minimum Gasteiger partial charge on any atom is -0.378 e. The Balaban J connectivity index is 2.03. The fourth-order valence-electron chi connectivity index (χ4n) is 2.39. The van der Waals surface area contributed by atoms with E-state index in [1.165, 1.54) is 0 Å². The van der Waals surface area contributed by atoms with Crippen LogP contribution in [0.5, 0.6) is 0 Å². The van der Waals surface area contributed by atoms with E-state index in [1.807, 2.05) is 24.0 Å². The maximum atomic E-state index is 5.43. The van der Waals surface area contributed by atoms with Crippen molar-refractivity contribution in [1.29, 1.82) is 0 Å². The van der Waals surface area contributed by atoms with Gasteiger partial charge >= 0.3 is 0 Å². The third-order valence-corrected chi connectivity index (χ3v) is 4.14. The summed E-state index contributed by atoms with van der Waals surface area (Å²) >= 11 is 1.82. The monoisotopic (exact) mass is 337 g/mol. The van der Waals surface area contributed by atoms with Gasteiger partial charge in [-0.05, 0) is 19.2 Å². The highest BCUT2D eigenvalue weighted by molar-refractivity contribution is 7.98. The zero-order chi connectivity index (χ0) is 16.3. The number of aliphatic imine (C=N–C) groups is 1. The molecule has 1 aromatic heterocycles. The van der Waals surface area contributed by atoms with Gasteiger partial charge in [-0.1, -0.05) is 6.07 Å². The highest BCUT2D eigenvalue weighted by atomic mass is 32.2. The van der Waals surface area contributed by atoms with Crippen LogP contribution in [0.3, 0.4) is 0 Å². The Labute approximate surface area is 143 Å². The average Bonchev–Trinajstić information content (AvgIpc) is 2.61. The van der Waals surface area contributed by atoms with Crippen molar-refractivity contribution in [3.63, 3.8) is 0 Å². The lowest BCUT2D eigenvalue weighted by Crippen LogP contribution is -2.38. The quantitative estimate of drug-likeness (QED) is 0.445. The van der Waals surface area contributed by atoms with Gasteiger partial charge in [0.2, 0.25) is 0 Å². The van der Waals surface area contributed by atoms with E-state index >= 15 is 0 Å². The maximum absolute atomic E-state index is 5.43. The summed E-state index contributed by atoms with van der Waals surface area (Å²) in [5, 5.41) is 6.64. The molecule has 0 saturated carbocycles. The summed E-state index contributed by atoms with van der Waals surface area (Å²) in [5.41, 5.74) is 1.15. The molecule has 2 heterocycles. The van der Waals surface area contributed by atoms with Crippen molar-refractivity contribution in [3.8, 4) is 0 Å². The standard InChI is InChI=1S/C16H27N5OS/c1-3-17-16(19-7-12-23-2)20-13-14-5-4-6-18-15(14)21-8-10-22-11-9-21/h4-6H,3,7-13H2,1-2H3,(H2,17,19,20). The zero-order valence-corrected chi connectivity index (χ0v) is 14.9. The van der Waals surface area contributed by atoms with Gasteiger partial charge in [0, 0.05) is 43.7 Å². The molecule has 128 valence electrons. The number of nitrogens with zero attached hydrogens (tertiary/aromatic N) is 3. The maximum Gasteiger partial charge on any atom is 0.191 e. The molecule has 1 fully saturated rings. The van der Waals surface area contributed by atoms with Gasteiger partial charge < -0.3 is 20.3 Å². The number of hydrogen-bond donors (Lipinski definition) is 2. The molecule has 23 heavy (non-hydrogen) atoms. The molecule has 1 saturated heterocycles. The first-order valence-electron chi connectivity index (χ1n) is 8.13. The Hall–Kier alpha value is -1.47. The number of hydrogen-bond acceptors (Lipinski definition) is 5. The van der Waals surface area contributed by atoms with E-state index in [0.717, 1.165) is 62.5 Å². The minimum atomic E-state index is 0.620. The Kier molecular flexibility index (Phi) is 8.03. The number of anilines is 1. The molecule has 0 aliphatic carbocycles. The molecule has 2 rings (SSSR count). The molecule has 0 amide bonds. The predicted octanol–water partition coefficient (Wildman–Crippen LogP) is 1.34. The summed E-state index contributed by atoms with van der Waals surface area (Å²) in [6.45, 7) is 7.77. The topological polar surface area (TPSA) is 61.8 Å². The first-order chi connectivity index (χ1) is 11.3. The van der Waals surface area contributed by atoms with Crippen LogP contribution < -0.4 is 15.5 Å². The summed E-state index contributed by atoms with van der Waals surface area (Å²) in [6.07, 6.45) is 3.95. The van der Waals surface area contributed by atoms with Gasteiger partial charge in [-0.3, -0.25) is 0 Å². The molecule has 1 aromatic rings. The Bertz CT molecular complexity index is 491. The second-order valence-corrected chi connectivity index (χ2v) is 6.19. The third kappa shape index (κ3) is 5.91. The van der Waals surface area contributed by atoms with E-state index in [1.54, 1.807) is 0 Å². The first kappa shape index (κ1) is 17.9. The van der Waals surface area contributed by atoms with E-state index < -0.39 is 0 Å². The van der Waals surface area contributed by atoms with E-state index in [-0.39, 0.29) is 0 Å². The predicted molar refractivity (Wildman–Crippen MR) is 98.5 cm³/mol. The molecule has 6 nitrogen and oxygen atoms in total. The zero-order valence-electron chi connectivity index (χ0n) is 14.0. The van der Waals surface area contributed by atoms with Crippen molar-refractivity contribution in [1.82, 2.24) is 15.6 Å². The van der Waals surface area contributed by atoms with Crippen molar-refractivity contribution in [2.24, 2.45) is 4.99 Å². The SMILES string of the molecule is CCNC(=NCc1cccnc1N1CCOCC1)NCCSC. The summed E-state index contributed by atoms with van der Waals surface area (Å²) in [7, 11) is 0. The van der Waals surface area contributed by atoms with E-state index in [0.29, 0.717) is 6.54 Å². The fourth-order valence-corrected chi connectivity index (χ4v) is 2.70. The number of aromatic nitrogens is 1. The second kappa shape index (κ2) is 10.3. The summed E-state index contributed by atoms with van der Waals surface area (Å²) in [5.74, 6) is 2.95. The largest absolute Gasteiger partial charge is 0.378 e. The van der Waals surface area contributed by atoms with Gasteiger partial charge in [-0.2, -0.15) is 11.8 Å². The molecular formula is C16H27N5OS. The average molecular weight is 337 g/mol. The van der Waals surface area contributed by atoms with E-state index in [9.17, 15) is 0 Å². The van der Waals surface area contributed by atoms with Crippen LogP contribution in [0.2, 0.25) is 0 Å². The lowest BCUT2D eigenvalue weighted by Gasteiger charge is -2.29. The molecule has 7 heteroatoms. The number of nitrogens with one attached hydrogen (secondary N) is 2. The lowest BCUT2D eigenvalue weighted by atomic mass is 10.2. The first-order valence-corrected chi connectivity index (χ1v) is 9.52. The van der Waals surface area contributed by atoms with Crippen LogP contribution >= 0.6 is 11.8 Å². The summed E-state index contributed by atoms with van der Waals surface area (Å²) < 4.78 is 5.43. The van der Waals surface area contributed by atoms with E-state index in [2.05, 4.69) is 39.8 Å². The molecule has 0 bridgehead atoms. The summed E-state index contributed by atoms with van der Waals surface area (Å²) in [6, 6.07) is 4.08. The number of pyridine rings is 1. The lowest BCUT2D eigenvalue weighted by molar-refractivity contribution is 0.122. The summed E-state index contributed by atoms with van der Waals surface area (Å²) in [4.78, 5) is 11.5. The van der Waals surface area contributed by atoms with Gasteiger partial charge in [0.1, 0.15) is 5.82 Å². The minimum absolute atomic E-state index is 0.620. The molecule has 0 spiro atoms. The Morgan fingerprint density at radius 1 is 1.39 bits per heavy atom.